The molecule has 1 heterocycles. The van der Waals surface area contributed by atoms with Gasteiger partial charge in [-0.3, -0.25) is 0 Å². The second-order valence-electron chi connectivity index (χ2n) is 4.10. The van der Waals surface area contributed by atoms with E-state index < -0.39 is 5.97 Å². The maximum atomic E-state index is 11.6. The lowest BCUT2D eigenvalue weighted by Crippen LogP contribution is -2.17. The van der Waals surface area contributed by atoms with Crippen molar-refractivity contribution < 1.29 is 9.53 Å². The fraction of sp³-hybridized carbons (Fsp3) is 0.500. The molecule has 6 heteroatoms. The van der Waals surface area contributed by atoms with E-state index in [9.17, 15) is 4.79 Å². The van der Waals surface area contributed by atoms with Crippen LogP contribution in [0, 0.1) is 5.92 Å². The number of carbonyl (C=O) groups is 1. The SMILES string of the molecule is COC(=O)c1cc(N)cnc1NCC(C)CSC. The molecule has 0 aromatic carbocycles. The van der Waals surface area contributed by atoms with Gasteiger partial charge in [0.1, 0.15) is 11.4 Å². The van der Waals surface area contributed by atoms with E-state index in [1.807, 2.05) is 0 Å². The highest BCUT2D eigenvalue weighted by Crippen LogP contribution is 2.17. The molecule has 0 aliphatic heterocycles. The van der Waals surface area contributed by atoms with Gasteiger partial charge in [0.25, 0.3) is 0 Å². The van der Waals surface area contributed by atoms with Crippen molar-refractivity contribution >= 4 is 29.2 Å². The molecule has 0 aliphatic carbocycles. The molecular formula is C12H19N3O2S. The first-order chi connectivity index (χ1) is 8.58. The van der Waals surface area contributed by atoms with Crippen molar-refractivity contribution in [3.8, 4) is 0 Å². The Morgan fingerprint density at radius 2 is 2.39 bits per heavy atom. The van der Waals surface area contributed by atoms with Crippen LogP contribution in [0.1, 0.15) is 17.3 Å². The van der Waals surface area contributed by atoms with Crippen LogP contribution in [-0.4, -0.2) is 36.6 Å². The number of ether oxygens (including phenoxy) is 1. The summed E-state index contributed by atoms with van der Waals surface area (Å²) in [6.45, 7) is 2.89. The van der Waals surface area contributed by atoms with Crippen LogP contribution in [0.4, 0.5) is 11.5 Å². The van der Waals surface area contributed by atoms with Gasteiger partial charge in [-0.25, -0.2) is 9.78 Å². The first kappa shape index (κ1) is 14.6. The van der Waals surface area contributed by atoms with Gasteiger partial charge in [0.15, 0.2) is 0 Å². The number of rotatable bonds is 6. The number of hydrogen-bond acceptors (Lipinski definition) is 6. The minimum Gasteiger partial charge on any atom is -0.465 e. The Labute approximate surface area is 111 Å². The third kappa shape index (κ3) is 4.10. The van der Waals surface area contributed by atoms with Crippen LogP contribution in [-0.2, 0) is 4.74 Å². The van der Waals surface area contributed by atoms with E-state index in [0.29, 0.717) is 23.0 Å². The number of nitrogens with two attached hydrogens (primary N) is 1. The zero-order valence-electron chi connectivity index (χ0n) is 10.9. The standard InChI is InChI=1S/C12H19N3O2S/c1-8(7-18-3)5-14-11-10(12(16)17-2)4-9(13)6-15-11/h4,6,8H,5,7,13H2,1-3H3,(H,14,15). The summed E-state index contributed by atoms with van der Waals surface area (Å²) >= 11 is 1.79. The Hall–Kier alpha value is -1.43. The molecule has 0 aliphatic rings. The van der Waals surface area contributed by atoms with Gasteiger partial charge in [-0.05, 0) is 24.0 Å². The number of esters is 1. The van der Waals surface area contributed by atoms with Gasteiger partial charge in [-0.15, -0.1) is 0 Å². The molecule has 0 fully saturated rings. The van der Waals surface area contributed by atoms with Crippen LogP contribution in [0.3, 0.4) is 0 Å². The van der Waals surface area contributed by atoms with Gasteiger partial charge in [-0.1, -0.05) is 6.92 Å². The molecule has 1 atom stereocenters. The zero-order valence-corrected chi connectivity index (χ0v) is 11.7. The van der Waals surface area contributed by atoms with E-state index in [0.717, 1.165) is 12.3 Å². The molecule has 0 amide bonds. The molecule has 1 aromatic heterocycles. The summed E-state index contributed by atoms with van der Waals surface area (Å²) < 4.78 is 4.71. The van der Waals surface area contributed by atoms with Gasteiger partial charge >= 0.3 is 5.97 Å². The van der Waals surface area contributed by atoms with Crippen molar-refractivity contribution in [2.75, 3.05) is 36.7 Å². The second kappa shape index (κ2) is 7.10. The average molecular weight is 269 g/mol. The number of methoxy groups -OCH3 is 1. The molecule has 3 N–H and O–H groups in total. The Balaban J connectivity index is 2.78. The number of hydrogen-bond donors (Lipinski definition) is 2. The third-order valence-corrected chi connectivity index (χ3v) is 3.29. The van der Waals surface area contributed by atoms with Gasteiger partial charge in [0.2, 0.25) is 0 Å². The topological polar surface area (TPSA) is 77.2 Å². The summed E-state index contributed by atoms with van der Waals surface area (Å²) in [6, 6.07) is 1.57. The summed E-state index contributed by atoms with van der Waals surface area (Å²) in [7, 11) is 1.34. The van der Waals surface area contributed by atoms with Crippen LogP contribution < -0.4 is 11.1 Å². The van der Waals surface area contributed by atoms with Crippen LogP contribution in [0.25, 0.3) is 0 Å². The van der Waals surface area contributed by atoms with Crippen LogP contribution in [0.5, 0.6) is 0 Å². The van der Waals surface area contributed by atoms with Crippen molar-refractivity contribution in [1.29, 1.82) is 0 Å². The molecule has 1 aromatic rings. The Morgan fingerprint density at radius 1 is 1.67 bits per heavy atom. The molecule has 100 valence electrons. The molecule has 0 bridgehead atoms. The number of thioether (sulfide) groups is 1. The van der Waals surface area contributed by atoms with Gasteiger partial charge < -0.3 is 15.8 Å². The summed E-state index contributed by atoms with van der Waals surface area (Å²) in [5, 5.41) is 3.16. The zero-order chi connectivity index (χ0) is 13.5. The number of nitrogens with zero attached hydrogens (tertiary/aromatic N) is 1. The normalized spacial score (nSPS) is 11.9. The summed E-state index contributed by atoms with van der Waals surface area (Å²) in [4.78, 5) is 15.7. The first-order valence-electron chi connectivity index (χ1n) is 5.65. The maximum Gasteiger partial charge on any atom is 0.341 e. The van der Waals surface area contributed by atoms with Crippen molar-refractivity contribution in [2.45, 2.75) is 6.92 Å². The van der Waals surface area contributed by atoms with Crippen molar-refractivity contribution in [3.63, 3.8) is 0 Å². The number of anilines is 2. The van der Waals surface area contributed by atoms with Crippen molar-refractivity contribution in [1.82, 2.24) is 4.98 Å². The predicted octanol–water partition coefficient (Wildman–Crippen LogP) is 1.86. The molecule has 1 unspecified atom stereocenters. The summed E-state index contributed by atoms with van der Waals surface area (Å²) in [5.74, 6) is 1.62. The molecule has 0 saturated heterocycles. The fourth-order valence-corrected chi connectivity index (χ4v) is 2.19. The average Bonchev–Trinajstić information content (AvgIpc) is 2.36. The van der Waals surface area contributed by atoms with Crippen LogP contribution >= 0.6 is 11.8 Å². The summed E-state index contributed by atoms with van der Waals surface area (Å²) in [6.07, 6.45) is 3.59. The van der Waals surface area contributed by atoms with Crippen LogP contribution in [0.15, 0.2) is 12.3 Å². The lowest BCUT2D eigenvalue weighted by Gasteiger charge is -2.14. The Kier molecular flexibility index (Phi) is 5.77. The maximum absolute atomic E-state index is 11.6. The minimum absolute atomic E-state index is 0.369. The van der Waals surface area contributed by atoms with E-state index in [2.05, 4.69) is 23.5 Å². The van der Waals surface area contributed by atoms with E-state index in [1.165, 1.54) is 13.3 Å². The largest absolute Gasteiger partial charge is 0.465 e. The molecule has 0 saturated carbocycles. The first-order valence-corrected chi connectivity index (χ1v) is 7.04. The molecule has 0 spiro atoms. The monoisotopic (exact) mass is 269 g/mol. The van der Waals surface area contributed by atoms with Gasteiger partial charge in [-0.2, -0.15) is 11.8 Å². The smallest absolute Gasteiger partial charge is 0.341 e. The highest BCUT2D eigenvalue weighted by atomic mass is 32.2. The van der Waals surface area contributed by atoms with E-state index in [4.69, 9.17) is 10.5 Å². The predicted molar refractivity (Wildman–Crippen MR) is 76.0 cm³/mol. The number of nitrogens with one attached hydrogen (secondary N) is 1. The van der Waals surface area contributed by atoms with E-state index in [1.54, 1.807) is 17.8 Å². The number of pyridine rings is 1. The molecule has 0 radical (unpaired) electrons. The fourth-order valence-electron chi connectivity index (χ4n) is 1.50. The molecular weight excluding hydrogens is 250 g/mol. The molecule has 18 heavy (non-hydrogen) atoms. The van der Waals surface area contributed by atoms with Crippen LogP contribution in [0.2, 0.25) is 0 Å². The van der Waals surface area contributed by atoms with E-state index in [-0.39, 0.29) is 0 Å². The molecule has 5 nitrogen and oxygen atoms in total. The highest BCUT2D eigenvalue weighted by Gasteiger charge is 2.14. The Bertz CT molecular complexity index is 412. The quantitative estimate of drug-likeness (QED) is 0.768. The number of carbonyl (C=O) groups excluding carboxylic acids is 1. The number of aromatic nitrogens is 1. The van der Waals surface area contributed by atoms with Gasteiger partial charge in [0.05, 0.1) is 19.0 Å². The van der Waals surface area contributed by atoms with Gasteiger partial charge in [0, 0.05) is 6.54 Å². The second-order valence-corrected chi connectivity index (χ2v) is 5.01. The lowest BCUT2D eigenvalue weighted by atomic mass is 10.2. The van der Waals surface area contributed by atoms with E-state index >= 15 is 0 Å². The third-order valence-electron chi connectivity index (χ3n) is 2.38. The van der Waals surface area contributed by atoms with Crippen molar-refractivity contribution in [3.05, 3.63) is 17.8 Å². The Morgan fingerprint density at radius 3 is 3.00 bits per heavy atom. The molecule has 1 rings (SSSR count). The number of nitrogen functional groups attached to an aromatic ring is 1. The van der Waals surface area contributed by atoms with Crippen molar-refractivity contribution in [2.24, 2.45) is 5.92 Å². The summed E-state index contributed by atoms with van der Waals surface area (Å²) in [5.41, 5.74) is 6.43. The highest BCUT2D eigenvalue weighted by molar-refractivity contribution is 7.98. The minimum atomic E-state index is -0.435. The lowest BCUT2D eigenvalue weighted by molar-refractivity contribution is 0.0601.